The van der Waals surface area contributed by atoms with Crippen LogP contribution in [0, 0.1) is 0 Å². The molecule has 0 fully saturated rings. The fourth-order valence-corrected chi connectivity index (χ4v) is 10.1. The van der Waals surface area contributed by atoms with Crippen LogP contribution in [-0.4, -0.2) is 104 Å². The van der Waals surface area contributed by atoms with Gasteiger partial charge in [-0.2, -0.15) is 35.3 Å². The van der Waals surface area contributed by atoms with Crippen LogP contribution in [0.15, 0.2) is 14.4 Å². The maximum atomic E-state index is 14.0. The van der Waals surface area contributed by atoms with Crippen molar-refractivity contribution in [1.29, 1.82) is 0 Å². The summed E-state index contributed by atoms with van der Waals surface area (Å²) >= 11 is 3.99. The third-order valence-corrected chi connectivity index (χ3v) is 14.9. The molecule has 1 aromatic rings. The van der Waals surface area contributed by atoms with Crippen LogP contribution in [0.3, 0.4) is 0 Å². The Balaban J connectivity index is 2.91. The first-order valence-corrected chi connectivity index (χ1v) is 31.4. The summed E-state index contributed by atoms with van der Waals surface area (Å²) in [5, 5.41) is 0. The molecule has 75 heavy (non-hydrogen) atoms. The van der Waals surface area contributed by atoms with Crippen molar-refractivity contribution in [2.24, 2.45) is 0 Å². The Morgan fingerprint density at radius 2 is 0.533 bits per heavy atom. The molecular weight excluding hydrogens is 1030 g/mol. The lowest BCUT2D eigenvalue weighted by Gasteiger charge is -2.23. The Labute approximate surface area is 459 Å². The average Bonchev–Trinajstić information content (AvgIpc) is 3.35. The van der Waals surface area contributed by atoms with E-state index in [0.717, 1.165) is 57.8 Å². The molecule has 0 radical (unpaired) electrons. The van der Waals surface area contributed by atoms with Gasteiger partial charge in [-0.05, 0) is 40.0 Å². The van der Waals surface area contributed by atoms with Crippen molar-refractivity contribution in [3.05, 3.63) is 31.5 Å². The van der Waals surface area contributed by atoms with E-state index < -0.39 is 53.7 Å². The van der Waals surface area contributed by atoms with Crippen LogP contribution in [0.25, 0.3) is 0 Å². The van der Waals surface area contributed by atoms with E-state index in [-0.39, 0.29) is 73.7 Å². The number of esters is 6. The minimum Gasteiger partial charge on any atom is -0.466 e. The SMILES string of the molecule is CCCCCCCCCOC(=O)CCSCCC(=O)OC(C)n1c(=O)n(C(C)OC(=O)CCSCCC(=O)OCCCCCCCCC)c(=O)n(C(C)OC(=O)CCSCCC(=O)OCCCCCCCCC)c1=O. The molecule has 0 saturated heterocycles. The van der Waals surface area contributed by atoms with Gasteiger partial charge in [0.05, 0.1) is 58.3 Å². The number of hydrogen-bond acceptors (Lipinski definition) is 18. The van der Waals surface area contributed by atoms with Crippen molar-refractivity contribution in [3.63, 3.8) is 0 Å². The number of ether oxygens (including phenoxy) is 6. The Morgan fingerprint density at radius 1 is 0.333 bits per heavy atom. The largest absolute Gasteiger partial charge is 0.466 e. The second-order valence-electron chi connectivity index (χ2n) is 18.6. The molecule has 3 unspecified atom stereocenters. The van der Waals surface area contributed by atoms with Crippen LogP contribution in [0.2, 0.25) is 0 Å². The fraction of sp³-hybridized carbons (Fsp3) is 0.833. The predicted molar refractivity (Wildman–Crippen MR) is 298 cm³/mol. The van der Waals surface area contributed by atoms with E-state index in [0.29, 0.717) is 50.8 Å². The summed E-state index contributed by atoms with van der Waals surface area (Å²) in [7, 11) is 0. The number of unbranched alkanes of at least 4 members (excludes halogenated alkanes) is 18. The summed E-state index contributed by atoms with van der Waals surface area (Å²) in [6, 6.07) is 0. The van der Waals surface area contributed by atoms with Gasteiger partial charge in [0.15, 0.2) is 18.7 Å². The number of rotatable bonds is 48. The zero-order valence-corrected chi connectivity index (χ0v) is 48.8. The van der Waals surface area contributed by atoms with E-state index in [4.69, 9.17) is 28.4 Å². The first-order valence-electron chi connectivity index (χ1n) is 28.0. The molecule has 1 aromatic heterocycles. The van der Waals surface area contributed by atoms with E-state index >= 15 is 0 Å². The fourth-order valence-electron chi connectivity index (χ4n) is 7.62. The zero-order chi connectivity index (χ0) is 55.5. The summed E-state index contributed by atoms with van der Waals surface area (Å²) in [4.78, 5) is 117. The van der Waals surface area contributed by atoms with Crippen LogP contribution in [-0.2, 0) is 57.2 Å². The van der Waals surface area contributed by atoms with E-state index in [1.165, 1.54) is 133 Å². The van der Waals surface area contributed by atoms with Gasteiger partial charge in [-0.25, -0.2) is 28.1 Å². The maximum Gasteiger partial charge on any atom is 0.342 e. The molecular formula is C54H93N3O15S3. The summed E-state index contributed by atoms with van der Waals surface area (Å²) < 4.78 is 34.0. The third kappa shape index (κ3) is 33.9. The van der Waals surface area contributed by atoms with Crippen molar-refractivity contribution in [1.82, 2.24) is 13.7 Å². The lowest BCUT2D eigenvalue weighted by molar-refractivity contribution is -0.154. The molecule has 0 spiro atoms. The Kier molecular flexibility index (Phi) is 41.9. The molecule has 0 aliphatic carbocycles. The quantitative estimate of drug-likeness (QED) is 0.0336. The molecule has 0 aromatic carbocycles. The van der Waals surface area contributed by atoms with Crippen molar-refractivity contribution in [2.75, 3.05) is 54.3 Å². The number of hydrogen-bond donors (Lipinski definition) is 0. The number of nitrogens with zero attached hydrogens (tertiary/aromatic N) is 3. The van der Waals surface area contributed by atoms with Crippen molar-refractivity contribution in [3.8, 4) is 0 Å². The minimum absolute atomic E-state index is 0.135. The molecule has 0 aliphatic rings. The van der Waals surface area contributed by atoms with Gasteiger partial charge in [0.2, 0.25) is 0 Å². The number of carbonyl (C=O) groups is 6. The van der Waals surface area contributed by atoms with Gasteiger partial charge in [0.1, 0.15) is 0 Å². The molecule has 18 nitrogen and oxygen atoms in total. The van der Waals surface area contributed by atoms with Crippen LogP contribution >= 0.6 is 35.3 Å². The van der Waals surface area contributed by atoms with Gasteiger partial charge < -0.3 is 28.4 Å². The van der Waals surface area contributed by atoms with E-state index in [1.54, 1.807) is 0 Å². The highest BCUT2D eigenvalue weighted by Gasteiger charge is 2.29. The highest BCUT2D eigenvalue weighted by Crippen LogP contribution is 2.16. The molecule has 0 N–H and O–H groups in total. The standard InChI is InChI=1S/C54H93N3O15S3/c1-7-10-13-16-19-22-25-34-67-46(58)28-37-73-40-31-49(61)70-43(4)55-52(64)56(44(5)71-50(62)32-41-74-38-29-47(59)68-35-26-23-20-17-14-11-8-2)54(66)57(53(55)65)45(6)72-51(63)33-42-75-39-30-48(60)69-36-27-24-21-18-15-12-9-3/h43-45H,7-42H2,1-6H3. The van der Waals surface area contributed by atoms with Crippen molar-refractivity contribution >= 4 is 71.1 Å². The lowest BCUT2D eigenvalue weighted by Crippen LogP contribution is -2.57. The summed E-state index contributed by atoms with van der Waals surface area (Å²) in [5.41, 5.74) is -3.73. The number of thioether (sulfide) groups is 3. The Hall–Kier alpha value is -3.72. The van der Waals surface area contributed by atoms with E-state index in [9.17, 15) is 43.2 Å². The summed E-state index contributed by atoms with van der Waals surface area (Å²) in [6.45, 7) is 11.4. The van der Waals surface area contributed by atoms with Crippen LogP contribution in [0.5, 0.6) is 0 Å². The number of aromatic nitrogens is 3. The van der Waals surface area contributed by atoms with E-state index in [2.05, 4.69) is 20.8 Å². The zero-order valence-electron chi connectivity index (χ0n) is 46.4. The molecule has 1 rings (SSSR count). The van der Waals surface area contributed by atoms with Crippen molar-refractivity contribution in [2.45, 2.75) is 234 Å². The lowest BCUT2D eigenvalue weighted by atomic mass is 10.1. The highest BCUT2D eigenvalue weighted by molar-refractivity contribution is 7.99. The number of carbonyl (C=O) groups excluding carboxylic acids is 6. The van der Waals surface area contributed by atoms with Gasteiger partial charge in [-0.3, -0.25) is 28.8 Å². The highest BCUT2D eigenvalue weighted by atomic mass is 32.2. The maximum absolute atomic E-state index is 14.0. The average molecular weight is 1120 g/mol. The van der Waals surface area contributed by atoms with Gasteiger partial charge in [0, 0.05) is 34.5 Å². The smallest absolute Gasteiger partial charge is 0.342 e. The third-order valence-electron chi connectivity index (χ3n) is 12.0. The topological polar surface area (TPSA) is 224 Å². The second-order valence-corrected chi connectivity index (χ2v) is 22.3. The Bertz CT molecular complexity index is 1700. The molecule has 3 atom stereocenters. The Morgan fingerprint density at radius 3 is 0.760 bits per heavy atom. The minimum atomic E-state index is -1.56. The predicted octanol–water partition coefficient (Wildman–Crippen LogP) is 10.8. The molecule has 432 valence electrons. The van der Waals surface area contributed by atoms with Crippen LogP contribution < -0.4 is 17.1 Å². The van der Waals surface area contributed by atoms with Gasteiger partial charge in [0.25, 0.3) is 0 Å². The summed E-state index contributed by atoms with van der Waals surface area (Å²) in [5.74, 6) is -1.29. The molecule has 0 aliphatic heterocycles. The monoisotopic (exact) mass is 1120 g/mol. The van der Waals surface area contributed by atoms with Gasteiger partial charge >= 0.3 is 52.9 Å². The second kappa shape index (κ2) is 45.3. The van der Waals surface area contributed by atoms with E-state index in [1.807, 2.05) is 0 Å². The normalized spacial score (nSPS) is 12.4. The first-order chi connectivity index (χ1) is 36.2. The van der Waals surface area contributed by atoms with Crippen LogP contribution in [0.1, 0.15) is 234 Å². The summed E-state index contributed by atoms with van der Waals surface area (Å²) in [6.07, 6.45) is 18.7. The molecule has 0 bridgehead atoms. The molecule has 0 amide bonds. The van der Waals surface area contributed by atoms with Crippen LogP contribution in [0.4, 0.5) is 0 Å². The molecule has 1 heterocycles. The van der Waals surface area contributed by atoms with Gasteiger partial charge in [-0.15, -0.1) is 0 Å². The molecule has 0 saturated carbocycles. The van der Waals surface area contributed by atoms with Gasteiger partial charge in [-0.1, -0.05) is 136 Å². The first kappa shape index (κ1) is 69.3. The molecule has 21 heteroatoms. The van der Waals surface area contributed by atoms with Crippen molar-refractivity contribution < 1.29 is 57.2 Å².